The van der Waals surface area contributed by atoms with E-state index < -0.39 is 16.8 Å². The Bertz CT molecular complexity index is 1640. The maximum atomic E-state index is 14.4. The van der Waals surface area contributed by atoms with Gasteiger partial charge in [0.15, 0.2) is 0 Å². The molecule has 1 N–H and O–H groups in total. The van der Waals surface area contributed by atoms with Gasteiger partial charge in [0.2, 0.25) is 0 Å². The van der Waals surface area contributed by atoms with E-state index in [0.29, 0.717) is 42.1 Å². The van der Waals surface area contributed by atoms with Crippen LogP contribution in [0.2, 0.25) is 0 Å². The zero-order valence-electron chi connectivity index (χ0n) is 23.8. The average molecular weight is 574 g/mol. The summed E-state index contributed by atoms with van der Waals surface area (Å²) < 4.78 is 30.8. The van der Waals surface area contributed by atoms with Crippen molar-refractivity contribution in [2.24, 2.45) is 11.3 Å². The summed E-state index contributed by atoms with van der Waals surface area (Å²) in [5.74, 6) is 7.78. The number of hydrogen-bond donors (Lipinski definition) is 1. The molecule has 1 aromatic heterocycles. The third-order valence-electron chi connectivity index (χ3n) is 10.0. The number of benzene rings is 2. The molecule has 7 nitrogen and oxygen atoms in total. The van der Waals surface area contributed by atoms with Crippen molar-refractivity contribution in [2.75, 3.05) is 30.6 Å². The first-order valence-corrected chi connectivity index (χ1v) is 16.2. The Balaban J connectivity index is 0.956. The van der Waals surface area contributed by atoms with E-state index >= 15 is 0 Å². The van der Waals surface area contributed by atoms with Crippen molar-refractivity contribution < 1.29 is 13.4 Å². The first-order valence-electron chi connectivity index (χ1n) is 14.6. The fourth-order valence-corrected chi connectivity index (χ4v) is 8.55. The summed E-state index contributed by atoms with van der Waals surface area (Å²) >= 11 is 0. The molecule has 4 fully saturated rings. The minimum atomic E-state index is -1.37. The number of rotatable bonds is 7. The molecular formula is C32H36FN5O2S. The number of fused-ring (bicyclic) bond motifs is 3. The first kappa shape index (κ1) is 26.7. The highest BCUT2D eigenvalue weighted by atomic mass is 32.2. The highest BCUT2D eigenvalue weighted by Gasteiger charge is 2.87. The quantitative estimate of drug-likeness (QED) is 0.322. The fourth-order valence-electron chi connectivity index (χ4n) is 8.08. The van der Waals surface area contributed by atoms with Gasteiger partial charge in [0.1, 0.15) is 22.6 Å². The van der Waals surface area contributed by atoms with Crippen LogP contribution in [0.15, 0.2) is 42.5 Å². The van der Waals surface area contributed by atoms with Gasteiger partial charge in [-0.25, -0.2) is 13.6 Å². The van der Waals surface area contributed by atoms with Crippen LogP contribution in [0.4, 0.5) is 10.1 Å². The Hall–Kier alpha value is -3.22. The summed E-state index contributed by atoms with van der Waals surface area (Å²) in [5.41, 5.74) is 3.17. The molecule has 2 aromatic carbocycles. The van der Waals surface area contributed by atoms with E-state index in [1.54, 1.807) is 6.07 Å². The summed E-state index contributed by atoms with van der Waals surface area (Å²) in [6.07, 6.45) is 6.83. The van der Waals surface area contributed by atoms with Crippen LogP contribution in [0.1, 0.15) is 61.3 Å². The zero-order chi connectivity index (χ0) is 28.5. The predicted molar refractivity (Wildman–Crippen MR) is 159 cm³/mol. The molecule has 6 atom stereocenters. The van der Waals surface area contributed by atoms with Crippen molar-refractivity contribution in [3.05, 3.63) is 59.7 Å². The molecule has 7 rings (SSSR count). The van der Waals surface area contributed by atoms with E-state index in [1.165, 1.54) is 30.3 Å². The molecule has 1 spiro atoms. The van der Waals surface area contributed by atoms with Crippen molar-refractivity contribution in [1.29, 1.82) is 0 Å². The minimum absolute atomic E-state index is 0.0555. The monoisotopic (exact) mass is 573 g/mol. The molecular weight excluding hydrogens is 537 g/mol. The lowest BCUT2D eigenvalue weighted by Gasteiger charge is -2.32. The number of piperidine rings is 1. The molecule has 214 valence electrons. The number of para-hydroxylation sites is 2. The molecule has 1 amide bonds. The average Bonchev–Trinajstić information content (AvgIpc) is 3.75. The molecule has 4 aliphatic rings. The molecule has 0 bridgehead atoms. The van der Waals surface area contributed by atoms with E-state index in [-0.39, 0.29) is 17.1 Å². The molecule has 2 saturated heterocycles. The van der Waals surface area contributed by atoms with Gasteiger partial charge in [-0.15, -0.1) is 5.92 Å². The van der Waals surface area contributed by atoms with Crippen molar-refractivity contribution in [3.63, 3.8) is 0 Å². The molecule has 2 saturated carbocycles. The molecule has 6 unspecified atom stereocenters. The Morgan fingerprint density at radius 3 is 2.73 bits per heavy atom. The lowest BCUT2D eigenvalue weighted by atomic mass is 9.71. The number of halogens is 1. The number of carbonyl (C=O) groups is 1. The van der Waals surface area contributed by atoms with Gasteiger partial charge in [-0.05, 0) is 82.2 Å². The van der Waals surface area contributed by atoms with Crippen molar-refractivity contribution in [3.8, 4) is 11.8 Å². The van der Waals surface area contributed by atoms with Crippen molar-refractivity contribution >= 4 is 33.6 Å². The number of carbonyl (C=O) groups excluding carboxylic acids is 1. The molecule has 9 heteroatoms. The number of aromatic nitrogens is 2. The molecule has 2 aliphatic carbocycles. The predicted octanol–water partition coefficient (Wildman–Crippen LogP) is 4.91. The molecule has 0 radical (unpaired) electrons. The van der Waals surface area contributed by atoms with E-state index in [0.717, 1.165) is 43.6 Å². The second kappa shape index (κ2) is 9.67. The highest BCUT2D eigenvalue weighted by molar-refractivity contribution is 7.85. The zero-order valence-corrected chi connectivity index (χ0v) is 24.6. The second-order valence-corrected chi connectivity index (χ2v) is 13.4. The summed E-state index contributed by atoms with van der Waals surface area (Å²) in [5, 5.41) is 0. The Morgan fingerprint density at radius 2 is 2.00 bits per heavy atom. The van der Waals surface area contributed by atoms with Gasteiger partial charge in [0.05, 0.1) is 22.3 Å². The fraction of sp³-hybridized carbons (Fsp3) is 0.500. The number of nitrogens with zero attached hydrogens (tertiary/aromatic N) is 4. The Kier molecular flexibility index (Phi) is 6.29. The summed E-state index contributed by atoms with van der Waals surface area (Å²) in [6.45, 7) is 6.51. The lowest BCUT2D eigenvalue weighted by Crippen LogP contribution is -2.39. The van der Waals surface area contributed by atoms with Crippen molar-refractivity contribution in [1.82, 2.24) is 19.4 Å². The van der Waals surface area contributed by atoms with Gasteiger partial charge in [0.25, 0.3) is 5.91 Å². The van der Waals surface area contributed by atoms with Gasteiger partial charge in [-0.2, -0.15) is 0 Å². The van der Waals surface area contributed by atoms with Crippen LogP contribution in [-0.4, -0.2) is 66.9 Å². The molecule has 3 heterocycles. The van der Waals surface area contributed by atoms with Gasteiger partial charge in [-0.1, -0.05) is 18.1 Å². The van der Waals surface area contributed by atoms with E-state index in [2.05, 4.69) is 57.2 Å². The largest absolute Gasteiger partial charge is 0.339 e. The van der Waals surface area contributed by atoms with Crippen LogP contribution in [0.3, 0.4) is 0 Å². The van der Waals surface area contributed by atoms with Crippen LogP contribution in [0, 0.1) is 35.9 Å². The van der Waals surface area contributed by atoms with E-state index in [9.17, 15) is 13.4 Å². The normalized spacial score (nSPS) is 30.7. The third kappa shape index (κ3) is 4.21. The standard InChI is InChI=1S/C32H36FN5O2S/c1-4-14-32-20-31(19-28(31)38-21(2)34-26-7-5-6-8-27(26)38)30(32)37(32)17-13-22-11-15-36(16-12-22)29(39)23-9-10-25(24(33)18-23)35-41(3)40/h5-10,18,22,28,30,35H,11-13,15-17,19-20H2,1-3H3. The lowest BCUT2D eigenvalue weighted by molar-refractivity contribution is 0.0684. The number of anilines is 1. The Morgan fingerprint density at radius 1 is 1.22 bits per heavy atom. The smallest absolute Gasteiger partial charge is 0.253 e. The topological polar surface area (TPSA) is 70.2 Å². The number of nitrogens with one attached hydrogen (secondary N) is 1. The van der Waals surface area contributed by atoms with Crippen LogP contribution in [0.5, 0.6) is 0 Å². The van der Waals surface area contributed by atoms with E-state index in [1.807, 2.05) is 11.8 Å². The summed E-state index contributed by atoms with van der Waals surface area (Å²) in [4.78, 5) is 22.4. The number of amides is 1. The second-order valence-electron chi connectivity index (χ2n) is 12.3. The van der Waals surface area contributed by atoms with Crippen LogP contribution in [0.25, 0.3) is 11.0 Å². The van der Waals surface area contributed by atoms with Gasteiger partial charge < -0.3 is 14.2 Å². The number of imidazole rings is 1. The Labute approximate surface area is 243 Å². The number of hydrogen-bond acceptors (Lipinski definition) is 4. The molecule has 2 aliphatic heterocycles. The summed E-state index contributed by atoms with van der Waals surface area (Å²) in [7, 11) is -1.37. The van der Waals surface area contributed by atoms with Gasteiger partial charge in [-0.3, -0.25) is 9.69 Å². The van der Waals surface area contributed by atoms with E-state index in [4.69, 9.17) is 4.98 Å². The van der Waals surface area contributed by atoms with Crippen LogP contribution in [-0.2, 0) is 11.0 Å². The molecule has 41 heavy (non-hydrogen) atoms. The maximum absolute atomic E-state index is 14.4. The van der Waals surface area contributed by atoms with Gasteiger partial charge >= 0.3 is 0 Å². The third-order valence-corrected chi connectivity index (χ3v) is 10.5. The summed E-state index contributed by atoms with van der Waals surface area (Å²) in [6, 6.07) is 13.8. The van der Waals surface area contributed by atoms with Crippen LogP contribution >= 0.6 is 0 Å². The number of aryl methyl sites for hydroxylation is 1. The SMILES string of the molecule is CC#CC12CC3(CC3n3c(C)nc4ccccc43)C1N2CCC1CCN(C(=O)c2ccc(NS(C)=O)c(F)c2)CC1. The van der Waals surface area contributed by atoms with Crippen molar-refractivity contribution in [2.45, 2.75) is 63.6 Å². The van der Waals surface area contributed by atoms with Gasteiger partial charge in [0, 0.05) is 49.0 Å². The molecule has 3 aromatic rings. The van der Waals surface area contributed by atoms with Crippen LogP contribution < -0.4 is 4.72 Å². The minimum Gasteiger partial charge on any atom is -0.339 e. The first-order chi connectivity index (χ1) is 19.8. The highest BCUT2D eigenvalue weighted by Crippen LogP contribution is 2.81. The number of likely N-dealkylation sites (tertiary alicyclic amines) is 2. The maximum Gasteiger partial charge on any atom is 0.253 e.